The number of methoxy groups -OCH3 is 1. The van der Waals surface area contributed by atoms with Gasteiger partial charge in [-0.2, -0.15) is 0 Å². The van der Waals surface area contributed by atoms with Gasteiger partial charge in [0.1, 0.15) is 0 Å². The summed E-state index contributed by atoms with van der Waals surface area (Å²) >= 11 is 9.01. The highest BCUT2D eigenvalue weighted by atomic mass is 79.9. The van der Waals surface area contributed by atoms with Crippen LogP contribution in [0.4, 0.5) is 0 Å². The van der Waals surface area contributed by atoms with E-state index in [2.05, 4.69) is 20.7 Å². The Hall–Kier alpha value is -0.870. The van der Waals surface area contributed by atoms with E-state index < -0.39 is 5.97 Å². The van der Waals surface area contributed by atoms with Crippen molar-refractivity contribution in [2.75, 3.05) is 12.4 Å². The van der Waals surface area contributed by atoms with E-state index in [1.165, 1.54) is 19.2 Å². The first-order valence-electron chi connectivity index (χ1n) is 4.57. The summed E-state index contributed by atoms with van der Waals surface area (Å²) < 4.78 is 4.57. The van der Waals surface area contributed by atoms with Crippen LogP contribution in [0.25, 0.3) is 0 Å². The molecule has 0 aromatic heterocycles. The summed E-state index contributed by atoms with van der Waals surface area (Å²) in [7, 11) is 1.27. The molecular formula is C11H10BrClO3. The van der Waals surface area contributed by atoms with Gasteiger partial charge >= 0.3 is 5.97 Å². The number of alkyl halides is 1. The molecule has 0 N–H and O–H groups in total. The summed E-state index contributed by atoms with van der Waals surface area (Å²) in [5.74, 6) is -0.586. The third-order valence-electron chi connectivity index (χ3n) is 2.02. The first kappa shape index (κ1) is 13.2. The fourth-order valence-electron chi connectivity index (χ4n) is 1.20. The van der Waals surface area contributed by atoms with Gasteiger partial charge in [0.25, 0.3) is 0 Å². The molecule has 0 aliphatic heterocycles. The Labute approximate surface area is 107 Å². The van der Waals surface area contributed by atoms with Gasteiger partial charge in [-0.1, -0.05) is 27.5 Å². The van der Waals surface area contributed by atoms with Crippen LogP contribution >= 0.6 is 27.5 Å². The van der Waals surface area contributed by atoms with Crippen molar-refractivity contribution in [3.8, 4) is 0 Å². The standard InChI is InChI=1S/C11H10BrClO3/c1-16-11(15)8-6-7(2-3-9(8)13)10(14)4-5-12/h2-3,6H,4-5H2,1H3. The summed E-state index contributed by atoms with van der Waals surface area (Å²) in [5, 5.41) is 0.865. The second kappa shape index (κ2) is 6.01. The van der Waals surface area contributed by atoms with E-state index in [-0.39, 0.29) is 16.4 Å². The molecule has 0 unspecified atom stereocenters. The minimum absolute atomic E-state index is 0.0429. The molecule has 0 saturated carbocycles. The highest BCUT2D eigenvalue weighted by Gasteiger charge is 2.14. The third kappa shape index (κ3) is 3.06. The number of carbonyl (C=O) groups is 2. The van der Waals surface area contributed by atoms with Crippen LogP contribution < -0.4 is 0 Å². The van der Waals surface area contributed by atoms with Crippen LogP contribution in [0, 0.1) is 0 Å². The Morgan fingerprint density at radius 3 is 2.69 bits per heavy atom. The number of carbonyl (C=O) groups excluding carboxylic acids is 2. The van der Waals surface area contributed by atoms with Crippen LogP contribution in [0.15, 0.2) is 18.2 Å². The number of ether oxygens (including phenoxy) is 1. The zero-order valence-electron chi connectivity index (χ0n) is 8.63. The maximum Gasteiger partial charge on any atom is 0.339 e. The number of Topliss-reactive ketones (excluding diaryl/α,β-unsaturated/α-hetero) is 1. The molecular weight excluding hydrogens is 295 g/mol. The Morgan fingerprint density at radius 1 is 1.44 bits per heavy atom. The van der Waals surface area contributed by atoms with Gasteiger partial charge in [-0.15, -0.1) is 0 Å². The topological polar surface area (TPSA) is 43.4 Å². The predicted molar refractivity (Wildman–Crippen MR) is 65.5 cm³/mol. The van der Waals surface area contributed by atoms with Gasteiger partial charge in [-0.05, 0) is 18.2 Å². The van der Waals surface area contributed by atoms with E-state index in [1.807, 2.05) is 0 Å². The molecule has 1 aromatic rings. The molecule has 0 heterocycles. The van der Waals surface area contributed by atoms with Gasteiger partial charge in [0.2, 0.25) is 0 Å². The van der Waals surface area contributed by atoms with Gasteiger partial charge in [0, 0.05) is 17.3 Å². The van der Waals surface area contributed by atoms with E-state index in [1.54, 1.807) is 6.07 Å². The summed E-state index contributed by atoms with van der Waals surface area (Å²) in [4.78, 5) is 22.9. The van der Waals surface area contributed by atoms with Crippen LogP contribution in [-0.4, -0.2) is 24.2 Å². The largest absolute Gasteiger partial charge is 0.465 e. The minimum Gasteiger partial charge on any atom is -0.465 e. The molecule has 0 atom stereocenters. The molecule has 0 radical (unpaired) electrons. The SMILES string of the molecule is COC(=O)c1cc(C(=O)CCBr)ccc1Cl. The molecule has 0 spiro atoms. The lowest BCUT2D eigenvalue weighted by molar-refractivity contribution is 0.0601. The number of hydrogen-bond donors (Lipinski definition) is 0. The van der Waals surface area contributed by atoms with E-state index >= 15 is 0 Å². The number of halogens is 2. The highest BCUT2D eigenvalue weighted by molar-refractivity contribution is 9.09. The average molecular weight is 306 g/mol. The van der Waals surface area contributed by atoms with E-state index in [0.717, 1.165) is 0 Å². The van der Waals surface area contributed by atoms with Gasteiger partial charge in [-0.25, -0.2) is 4.79 Å². The zero-order chi connectivity index (χ0) is 12.1. The molecule has 0 bridgehead atoms. The van der Waals surface area contributed by atoms with Crippen molar-refractivity contribution < 1.29 is 14.3 Å². The smallest absolute Gasteiger partial charge is 0.339 e. The minimum atomic E-state index is -0.543. The van der Waals surface area contributed by atoms with Crippen LogP contribution in [-0.2, 0) is 4.74 Å². The van der Waals surface area contributed by atoms with Crippen molar-refractivity contribution in [1.82, 2.24) is 0 Å². The van der Waals surface area contributed by atoms with Gasteiger partial charge in [0.15, 0.2) is 5.78 Å². The van der Waals surface area contributed by atoms with Crippen LogP contribution in [0.3, 0.4) is 0 Å². The number of esters is 1. The van der Waals surface area contributed by atoms with E-state index in [4.69, 9.17) is 11.6 Å². The summed E-state index contributed by atoms with van der Waals surface area (Å²) in [6.45, 7) is 0. The zero-order valence-corrected chi connectivity index (χ0v) is 11.0. The van der Waals surface area contributed by atoms with E-state index in [0.29, 0.717) is 17.3 Å². The number of hydrogen-bond acceptors (Lipinski definition) is 3. The van der Waals surface area contributed by atoms with Crippen LogP contribution in [0.2, 0.25) is 5.02 Å². The maximum absolute atomic E-state index is 11.6. The van der Waals surface area contributed by atoms with Crippen molar-refractivity contribution in [3.05, 3.63) is 34.3 Å². The van der Waals surface area contributed by atoms with Gasteiger partial charge < -0.3 is 4.74 Å². The summed E-state index contributed by atoms with van der Waals surface area (Å²) in [6.07, 6.45) is 0.377. The molecule has 5 heteroatoms. The molecule has 0 fully saturated rings. The lowest BCUT2D eigenvalue weighted by atomic mass is 10.1. The average Bonchev–Trinajstić information content (AvgIpc) is 2.29. The first-order chi connectivity index (χ1) is 7.60. The molecule has 1 rings (SSSR count). The highest BCUT2D eigenvalue weighted by Crippen LogP contribution is 2.19. The van der Waals surface area contributed by atoms with Crippen molar-refractivity contribution >= 4 is 39.3 Å². The summed E-state index contributed by atoms with van der Waals surface area (Å²) in [6, 6.07) is 4.58. The number of rotatable bonds is 4. The molecule has 0 saturated heterocycles. The second-order valence-corrected chi connectivity index (χ2v) is 4.25. The van der Waals surface area contributed by atoms with E-state index in [9.17, 15) is 9.59 Å². The van der Waals surface area contributed by atoms with Gasteiger partial charge in [0.05, 0.1) is 17.7 Å². The second-order valence-electron chi connectivity index (χ2n) is 3.05. The molecule has 0 amide bonds. The first-order valence-corrected chi connectivity index (χ1v) is 6.07. The Morgan fingerprint density at radius 2 is 2.12 bits per heavy atom. The fourth-order valence-corrected chi connectivity index (χ4v) is 1.75. The molecule has 0 aliphatic rings. The Balaban J connectivity index is 3.07. The quantitative estimate of drug-likeness (QED) is 0.488. The van der Waals surface area contributed by atoms with Crippen LogP contribution in [0.1, 0.15) is 27.1 Å². The van der Waals surface area contributed by atoms with Crippen molar-refractivity contribution in [3.63, 3.8) is 0 Å². The lowest BCUT2D eigenvalue weighted by Crippen LogP contribution is -2.06. The molecule has 86 valence electrons. The predicted octanol–water partition coefficient (Wildman–Crippen LogP) is 3.09. The van der Waals surface area contributed by atoms with Crippen molar-refractivity contribution in [2.45, 2.75) is 6.42 Å². The summed E-state index contributed by atoms with van der Waals surface area (Å²) in [5.41, 5.74) is 0.675. The van der Waals surface area contributed by atoms with Crippen molar-refractivity contribution in [1.29, 1.82) is 0 Å². The molecule has 1 aromatic carbocycles. The number of ketones is 1. The van der Waals surface area contributed by atoms with Crippen molar-refractivity contribution in [2.24, 2.45) is 0 Å². The molecule has 16 heavy (non-hydrogen) atoms. The Kier molecular flexibility index (Phi) is 4.96. The van der Waals surface area contributed by atoms with Gasteiger partial charge in [-0.3, -0.25) is 4.79 Å². The lowest BCUT2D eigenvalue weighted by Gasteiger charge is -2.04. The Bertz CT molecular complexity index is 418. The third-order valence-corrected chi connectivity index (χ3v) is 2.74. The molecule has 3 nitrogen and oxygen atoms in total. The fraction of sp³-hybridized carbons (Fsp3) is 0.273. The number of benzene rings is 1. The van der Waals surface area contributed by atoms with Crippen LogP contribution in [0.5, 0.6) is 0 Å². The molecule has 0 aliphatic carbocycles. The maximum atomic E-state index is 11.6. The normalized spacial score (nSPS) is 9.94. The monoisotopic (exact) mass is 304 g/mol.